The second kappa shape index (κ2) is 5.21. The fourth-order valence-corrected chi connectivity index (χ4v) is 3.22. The molecule has 0 aliphatic heterocycles. The van der Waals surface area contributed by atoms with Crippen molar-refractivity contribution in [1.82, 2.24) is 9.97 Å². The van der Waals surface area contributed by atoms with Crippen molar-refractivity contribution in [2.45, 2.75) is 20.3 Å². The number of rotatable bonds is 3. The first-order chi connectivity index (χ1) is 9.72. The molecule has 4 heteroatoms. The Morgan fingerprint density at radius 1 is 1.15 bits per heavy atom. The van der Waals surface area contributed by atoms with Crippen molar-refractivity contribution in [2.24, 2.45) is 0 Å². The largest absolute Gasteiger partial charge is 0.373 e. The topological polar surface area (TPSA) is 37.8 Å². The Labute approximate surface area is 122 Å². The summed E-state index contributed by atoms with van der Waals surface area (Å²) >= 11 is 1.77. The van der Waals surface area contributed by atoms with Gasteiger partial charge in [-0.05, 0) is 37.1 Å². The first-order valence-electron chi connectivity index (χ1n) is 6.77. The summed E-state index contributed by atoms with van der Waals surface area (Å²) in [7, 11) is 1.91. The maximum Gasteiger partial charge on any atom is 0.172 e. The number of benzene rings is 1. The molecule has 0 aliphatic carbocycles. The molecule has 0 radical (unpaired) electrons. The molecule has 0 spiro atoms. The lowest BCUT2D eigenvalue weighted by Crippen LogP contribution is -1.99. The zero-order chi connectivity index (χ0) is 14.1. The van der Waals surface area contributed by atoms with E-state index in [9.17, 15) is 0 Å². The second-order valence-corrected chi connectivity index (χ2v) is 5.90. The van der Waals surface area contributed by atoms with Crippen molar-refractivity contribution in [3.8, 4) is 10.7 Å². The van der Waals surface area contributed by atoms with Crippen LogP contribution in [0.15, 0.2) is 30.3 Å². The second-order valence-electron chi connectivity index (χ2n) is 4.73. The van der Waals surface area contributed by atoms with Gasteiger partial charge in [-0.1, -0.05) is 19.1 Å². The van der Waals surface area contributed by atoms with Gasteiger partial charge in [-0.2, -0.15) is 0 Å². The number of anilines is 1. The lowest BCUT2D eigenvalue weighted by molar-refractivity contribution is 1.19. The molecular weight excluding hydrogens is 266 g/mol. The lowest BCUT2D eigenvalue weighted by atomic mass is 10.1. The summed E-state index contributed by atoms with van der Waals surface area (Å²) in [5, 5.41) is 4.30. The van der Waals surface area contributed by atoms with E-state index in [1.807, 2.05) is 19.2 Å². The summed E-state index contributed by atoms with van der Waals surface area (Å²) in [4.78, 5) is 11.9. The lowest BCUT2D eigenvalue weighted by Gasteiger charge is -2.09. The van der Waals surface area contributed by atoms with Crippen molar-refractivity contribution in [3.63, 3.8) is 0 Å². The maximum atomic E-state index is 4.72. The molecule has 1 aromatic carbocycles. The zero-order valence-electron chi connectivity index (χ0n) is 11.9. The fourth-order valence-electron chi connectivity index (χ4n) is 2.33. The molecule has 0 saturated carbocycles. The molecule has 0 unspecified atom stereocenters. The minimum absolute atomic E-state index is 0.803. The van der Waals surface area contributed by atoms with E-state index in [2.05, 4.69) is 42.3 Å². The van der Waals surface area contributed by atoms with E-state index in [0.717, 1.165) is 33.8 Å². The summed E-state index contributed by atoms with van der Waals surface area (Å²) in [5.74, 6) is 1.70. The van der Waals surface area contributed by atoms with Crippen LogP contribution in [0.25, 0.3) is 21.6 Å². The third-order valence-electron chi connectivity index (χ3n) is 3.40. The Hall–Kier alpha value is -1.94. The SMILES string of the molecule is CCc1ccc(-c2nc(NC)c3c(C)cccc3n2)s1. The average molecular weight is 283 g/mol. The number of fused-ring (bicyclic) bond motifs is 1. The normalized spacial score (nSPS) is 10.9. The monoisotopic (exact) mass is 283 g/mol. The predicted molar refractivity (Wildman–Crippen MR) is 86.5 cm³/mol. The van der Waals surface area contributed by atoms with Gasteiger partial charge < -0.3 is 5.32 Å². The first kappa shape index (κ1) is 13.1. The average Bonchev–Trinajstić information content (AvgIpc) is 2.95. The van der Waals surface area contributed by atoms with Gasteiger partial charge in [0.1, 0.15) is 5.82 Å². The quantitative estimate of drug-likeness (QED) is 0.780. The highest BCUT2D eigenvalue weighted by atomic mass is 32.1. The van der Waals surface area contributed by atoms with Crippen LogP contribution in [-0.4, -0.2) is 17.0 Å². The third-order valence-corrected chi connectivity index (χ3v) is 4.62. The summed E-state index contributed by atoms with van der Waals surface area (Å²) < 4.78 is 0. The van der Waals surface area contributed by atoms with Crippen LogP contribution in [0.2, 0.25) is 0 Å². The molecule has 0 amide bonds. The number of nitrogens with one attached hydrogen (secondary N) is 1. The third kappa shape index (κ3) is 2.16. The Morgan fingerprint density at radius 3 is 2.70 bits per heavy atom. The Kier molecular flexibility index (Phi) is 3.40. The van der Waals surface area contributed by atoms with Gasteiger partial charge in [0.15, 0.2) is 5.82 Å². The minimum Gasteiger partial charge on any atom is -0.373 e. The van der Waals surface area contributed by atoms with Crippen LogP contribution in [0.5, 0.6) is 0 Å². The van der Waals surface area contributed by atoms with Crippen LogP contribution in [0.1, 0.15) is 17.4 Å². The van der Waals surface area contributed by atoms with Crippen molar-refractivity contribution in [2.75, 3.05) is 12.4 Å². The van der Waals surface area contributed by atoms with Crippen LogP contribution < -0.4 is 5.32 Å². The smallest absolute Gasteiger partial charge is 0.172 e. The van der Waals surface area contributed by atoms with Gasteiger partial charge in [0.25, 0.3) is 0 Å². The standard InChI is InChI=1S/C16H17N3S/c1-4-11-8-9-13(20-11)15-18-12-7-5-6-10(2)14(12)16(17-3)19-15/h5-9H,4H2,1-3H3,(H,17,18,19). The summed E-state index contributed by atoms with van der Waals surface area (Å²) in [5.41, 5.74) is 2.18. The number of nitrogens with zero attached hydrogens (tertiary/aromatic N) is 2. The van der Waals surface area contributed by atoms with E-state index >= 15 is 0 Å². The maximum absolute atomic E-state index is 4.72. The molecule has 3 rings (SSSR count). The molecular formula is C16H17N3S. The fraction of sp³-hybridized carbons (Fsp3) is 0.250. The van der Waals surface area contributed by atoms with E-state index in [1.54, 1.807) is 11.3 Å². The molecule has 0 fully saturated rings. The predicted octanol–water partition coefficient (Wildman–Crippen LogP) is 4.27. The van der Waals surface area contributed by atoms with Gasteiger partial charge in [-0.15, -0.1) is 11.3 Å². The van der Waals surface area contributed by atoms with E-state index in [4.69, 9.17) is 4.98 Å². The number of thiophene rings is 1. The van der Waals surface area contributed by atoms with E-state index in [-0.39, 0.29) is 0 Å². The van der Waals surface area contributed by atoms with Crippen LogP contribution in [0.3, 0.4) is 0 Å². The number of aryl methyl sites for hydroxylation is 2. The van der Waals surface area contributed by atoms with Crippen LogP contribution in [0.4, 0.5) is 5.82 Å². The van der Waals surface area contributed by atoms with E-state index in [1.165, 1.54) is 10.4 Å². The van der Waals surface area contributed by atoms with Gasteiger partial charge in [-0.25, -0.2) is 9.97 Å². The van der Waals surface area contributed by atoms with Gasteiger partial charge in [0.05, 0.1) is 10.4 Å². The molecule has 102 valence electrons. The highest BCUT2D eigenvalue weighted by Gasteiger charge is 2.11. The van der Waals surface area contributed by atoms with E-state index < -0.39 is 0 Å². The molecule has 20 heavy (non-hydrogen) atoms. The van der Waals surface area contributed by atoms with Crippen LogP contribution >= 0.6 is 11.3 Å². The molecule has 3 nitrogen and oxygen atoms in total. The number of hydrogen-bond donors (Lipinski definition) is 1. The van der Waals surface area contributed by atoms with Gasteiger partial charge in [0, 0.05) is 17.3 Å². The molecule has 0 bridgehead atoms. The molecule has 0 aliphatic rings. The Balaban J connectivity index is 2.22. The van der Waals surface area contributed by atoms with Crippen molar-refractivity contribution in [1.29, 1.82) is 0 Å². The summed E-state index contributed by atoms with van der Waals surface area (Å²) in [6, 6.07) is 10.4. The molecule has 3 aromatic rings. The van der Waals surface area contributed by atoms with Crippen molar-refractivity contribution >= 4 is 28.1 Å². The van der Waals surface area contributed by atoms with Crippen LogP contribution in [0, 0.1) is 6.92 Å². The van der Waals surface area contributed by atoms with Crippen molar-refractivity contribution < 1.29 is 0 Å². The zero-order valence-corrected chi connectivity index (χ0v) is 12.7. The highest BCUT2D eigenvalue weighted by Crippen LogP contribution is 2.30. The highest BCUT2D eigenvalue weighted by molar-refractivity contribution is 7.15. The summed E-state index contributed by atoms with van der Waals surface area (Å²) in [6.45, 7) is 4.26. The minimum atomic E-state index is 0.803. The molecule has 2 aromatic heterocycles. The summed E-state index contributed by atoms with van der Waals surface area (Å²) in [6.07, 6.45) is 1.05. The molecule has 0 saturated heterocycles. The Morgan fingerprint density at radius 2 is 2.00 bits per heavy atom. The molecule has 2 heterocycles. The molecule has 0 atom stereocenters. The number of aromatic nitrogens is 2. The van der Waals surface area contributed by atoms with Gasteiger partial charge in [-0.3, -0.25) is 0 Å². The first-order valence-corrected chi connectivity index (χ1v) is 7.58. The van der Waals surface area contributed by atoms with E-state index in [0.29, 0.717) is 0 Å². The van der Waals surface area contributed by atoms with Gasteiger partial charge in [0.2, 0.25) is 0 Å². The van der Waals surface area contributed by atoms with Gasteiger partial charge >= 0.3 is 0 Å². The molecule has 1 N–H and O–H groups in total. The van der Waals surface area contributed by atoms with Crippen LogP contribution in [-0.2, 0) is 6.42 Å². The Bertz CT molecular complexity index is 762. The van der Waals surface area contributed by atoms with Crippen molar-refractivity contribution in [3.05, 3.63) is 40.8 Å². The number of hydrogen-bond acceptors (Lipinski definition) is 4.